The maximum absolute atomic E-state index is 2.51. The van der Waals surface area contributed by atoms with Gasteiger partial charge in [0.1, 0.15) is 0 Å². The highest BCUT2D eigenvalue weighted by atomic mass is 15.2. The van der Waals surface area contributed by atoms with Crippen molar-refractivity contribution in [1.82, 2.24) is 9.13 Å². The summed E-state index contributed by atoms with van der Waals surface area (Å²) in [6.07, 6.45) is 0. The van der Waals surface area contributed by atoms with E-state index < -0.39 is 0 Å². The number of nitrogens with zero attached hydrogens (tertiary/aromatic N) is 3. The lowest BCUT2D eigenvalue weighted by atomic mass is 9.87. The van der Waals surface area contributed by atoms with Crippen LogP contribution >= 0.6 is 0 Å². The Labute approximate surface area is 366 Å². The third-order valence-electron chi connectivity index (χ3n) is 12.5. The first kappa shape index (κ1) is 36.5. The summed E-state index contributed by atoms with van der Waals surface area (Å²) < 4.78 is 4.86. The molecule has 12 rings (SSSR count). The van der Waals surface area contributed by atoms with Gasteiger partial charge in [0.15, 0.2) is 0 Å². The van der Waals surface area contributed by atoms with E-state index in [2.05, 4.69) is 263 Å². The lowest BCUT2D eigenvalue weighted by Crippen LogP contribution is -2.15. The Kier molecular flexibility index (Phi) is 8.83. The molecular formula is C60H41N3. The minimum absolute atomic E-state index is 1.05. The van der Waals surface area contributed by atoms with Crippen LogP contribution in [0.25, 0.3) is 88.4 Å². The van der Waals surface area contributed by atoms with E-state index in [0.29, 0.717) is 0 Å². The predicted molar refractivity (Wildman–Crippen MR) is 266 cm³/mol. The Hall–Kier alpha value is -8.40. The number of para-hydroxylation sites is 6. The van der Waals surface area contributed by atoms with Crippen molar-refractivity contribution in [2.75, 3.05) is 4.90 Å². The van der Waals surface area contributed by atoms with Crippen molar-refractivity contribution in [3.8, 4) is 44.8 Å². The van der Waals surface area contributed by atoms with Crippen LogP contribution in [-0.2, 0) is 0 Å². The van der Waals surface area contributed by atoms with E-state index in [1.165, 1.54) is 49.2 Å². The molecule has 0 radical (unpaired) electrons. The third kappa shape index (κ3) is 6.05. The molecule has 0 unspecified atom stereocenters. The van der Waals surface area contributed by atoms with Crippen molar-refractivity contribution < 1.29 is 0 Å². The molecule has 2 heterocycles. The largest absolute Gasteiger partial charge is 0.309 e. The molecule has 0 bridgehead atoms. The van der Waals surface area contributed by atoms with Gasteiger partial charge in [-0.25, -0.2) is 0 Å². The topological polar surface area (TPSA) is 13.1 Å². The van der Waals surface area contributed by atoms with Gasteiger partial charge in [0.05, 0.1) is 39.1 Å². The van der Waals surface area contributed by atoms with Crippen LogP contribution in [0.3, 0.4) is 0 Å². The van der Waals surface area contributed by atoms with Crippen LogP contribution in [0, 0.1) is 0 Å². The van der Waals surface area contributed by atoms with Gasteiger partial charge in [-0.05, 0) is 88.5 Å². The van der Waals surface area contributed by atoms with Crippen molar-refractivity contribution in [1.29, 1.82) is 0 Å². The van der Waals surface area contributed by atoms with Crippen LogP contribution in [-0.4, -0.2) is 9.13 Å². The number of anilines is 3. The van der Waals surface area contributed by atoms with Gasteiger partial charge in [0.25, 0.3) is 0 Å². The van der Waals surface area contributed by atoms with Crippen LogP contribution in [0.1, 0.15) is 0 Å². The van der Waals surface area contributed by atoms with Crippen LogP contribution in [0.5, 0.6) is 0 Å². The summed E-state index contributed by atoms with van der Waals surface area (Å²) in [5.41, 5.74) is 17.1. The van der Waals surface area contributed by atoms with E-state index in [-0.39, 0.29) is 0 Å². The molecule has 0 N–H and O–H groups in total. The fourth-order valence-electron chi connectivity index (χ4n) is 9.82. The highest BCUT2D eigenvalue weighted by molar-refractivity contribution is 6.12. The number of hydrogen-bond acceptors (Lipinski definition) is 1. The van der Waals surface area contributed by atoms with Crippen molar-refractivity contribution in [2.24, 2.45) is 0 Å². The molecule has 0 aliphatic carbocycles. The molecule has 296 valence electrons. The maximum atomic E-state index is 2.51. The first-order chi connectivity index (χ1) is 31.3. The smallest absolute Gasteiger partial charge is 0.0702 e. The van der Waals surface area contributed by atoms with Gasteiger partial charge in [0, 0.05) is 38.5 Å². The minimum atomic E-state index is 1.05. The first-order valence-electron chi connectivity index (χ1n) is 21.6. The lowest BCUT2D eigenvalue weighted by molar-refractivity contribution is 1.15. The standard InChI is InChI=1S/C60H41N3/c1-4-21-42(22-5-1)46-27-10-11-31-52(46)60-47(43-23-6-2-7-24-43)32-20-38-58(60)62(45-39-40-51-50-30-12-15-33-53(50)61(59(51)41-45)44-25-8-3-9-26-44)56-36-18-19-37-57(56)63-54-34-16-13-28-48(54)49-29-14-17-35-55(49)63/h1-41H. The average Bonchev–Trinajstić information content (AvgIpc) is 3.88. The van der Waals surface area contributed by atoms with Crippen molar-refractivity contribution in [3.63, 3.8) is 0 Å². The predicted octanol–water partition coefficient (Wildman–Crippen LogP) is 16.4. The molecule has 0 aliphatic heterocycles. The second-order valence-corrected chi connectivity index (χ2v) is 16.1. The number of hydrogen-bond donors (Lipinski definition) is 0. The Morgan fingerprint density at radius 1 is 0.286 bits per heavy atom. The summed E-state index contributed by atoms with van der Waals surface area (Å²) in [5.74, 6) is 0. The molecule has 3 heteroatoms. The Morgan fingerprint density at radius 3 is 1.40 bits per heavy atom. The molecule has 2 aromatic heterocycles. The SMILES string of the molecule is c1ccc(-c2ccccc2-c2c(-c3ccccc3)cccc2N(c2ccc3c4ccccc4n(-c4ccccc4)c3c2)c2ccccc2-n2c3ccccc3c3ccccc32)cc1. The second kappa shape index (κ2) is 15.3. The molecule has 0 spiro atoms. The van der Waals surface area contributed by atoms with Crippen LogP contribution < -0.4 is 4.90 Å². The van der Waals surface area contributed by atoms with Gasteiger partial charge < -0.3 is 14.0 Å². The number of aromatic nitrogens is 2. The summed E-state index contributed by atoms with van der Waals surface area (Å²) in [7, 11) is 0. The van der Waals surface area contributed by atoms with Crippen molar-refractivity contribution in [2.45, 2.75) is 0 Å². The van der Waals surface area contributed by atoms with E-state index >= 15 is 0 Å². The molecule has 0 saturated heterocycles. The fraction of sp³-hybridized carbons (Fsp3) is 0. The third-order valence-corrected chi connectivity index (χ3v) is 12.5. The van der Waals surface area contributed by atoms with E-state index in [1.54, 1.807) is 0 Å². The Bertz CT molecular complexity index is 3570. The molecule has 0 aliphatic rings. The summed E-state index contributed by atoms with van der Waals surface area (Å²) in [4.78, 5) is 2.51. The highest BCUT2D eigenvalue weighted by Gasteiger charge is 2.26. The second-order valence-electron chi connectivity index (χ2n) is 16.1. The van der Waals surface area contributed by atoms with Gasteiger partial charge in [-0.2, -0.15) is 0 Å². The zero-order chi connectivity index (χ0) is 41.7. The highest BCUT2D eigenvalue weighted by Crippen LogP contribution is 2.50. The van der Waals surface area contributed by atoms with E-state index in [0.717, 1.165) is 56.2 Å². The molecule has 10 aromatic carbocycles. The summed E-state index contributed by atoms with van der Waals surface area (Å²) >= 11 is 0. The number of benzene rings is 10. The summed E-state index contributed by atoms with van der Waals surface area (Å²) in [6, 6.07) is 90.3. The van der Waals surface area contributed by atoms with Gasteiger partial charge in [-0.1, -0.05) is 188 Å². The monoisotopic (exact) mass is 803 g/mol. The maximum Gasteiger partial charge on any atom is 0.0702 e. The van der Waals surface area contributed by atoms with Gasteiger partial charge in [-0.3, -0.25) is 0 Å². The van der Waals surface area contributed by atoms with Crippen molar-refractivity contribution in [3.05, 3.63) is 249 Å². The van der Waals surface area contributed by atoms with Crippen LogP contribution in [0.15, 0.2) is 249 Å². The molecular weight excluding hydrogens is 763 g/mol. The Morgan fingerprint density at radius 2 is 0.746 bits per heavy atom. The minimum Gasteiger partial charge on any atom is -0.309 e. The average molecular weight is 804 g/mol. The van der Waals surface area contributed by atoms with Gasteiger partial charge >= 0.3 is 0 Å². The van der Waals surface area contributed by atoms with Crippen LogP contribution in [0.4, 0.5) is 17.1 Å². The Balaban J connectivity index is 1.22. The lowest BCUT2D eigenvalue weighted by Gasteiger charge is -2.32. The molecule has 0 amide bonds. The van der Waals surface area contributed by atoms with Gasteiger partial charge in [0.2, 0.25) is 0 Å². The zero-order valence-corrected chi connectivity index (χ0v) is 34.5. The normalized spacial score (nSPS) is 11.5. The zero-order valence-electron chi connectivity index (χ0n) is 34.5. The van der Waals surface area contributed by atoms with E-state index in [4.69, 9.17) is 0 Å². The fourth-order valence-corrected chi connectivity index (χ4v) is 9.82. The first-order valence-corrected chi connectivity index (χ1v) is 21.6. The molecule has 0 atom stereocenters. The molecule has 63 heavy (non-hydrogen) atoms. The molecule has 0 fully saturated rings. The summed E-state index contributed by atoms with van der Waals surface area (Å²) in [6.45, 7) is 0. The van der Waals surface area contributed by atoms with Crippen LogP contribution in [0.2, 0.25) is 0 Å². The molecule has 0 saturated carbocycles. The molecule has 12 aromatic rings. The number of fused-ring (bicyclic) bond motifs is 6. The number of rotatable bonds is 8. The van der Waals surface area contributed by atoms with Crippen molar-refractivity contribution >= 4 is 60.7 Å². The summed E-state index contributed by atoms with van der Waals surface area (Å²) in [5, 5.41) is 4.89. The quantitative estimate of drug-likeness (QED) is 0.149. The molecule has 3 nitrogen and oxygen atoms in total. The van der Waals surface area contributed by atoms with E-state index in [9.17, 15) is 0 Å². The van der Waals surface area contributed by atoms with Gasteiger partial charge in [-0.15, -0.1) is 0 Å². The van der Waals surface area contributed by atoms with E-state index in [1.807, 2.05) is 0 Å².